The number of hydrogen-bond donors (Lipinski definition) is 1. The minimum absolute atomic E-state index is 0.244. The van der Waals surface area contributed by atoms with Crippen LogP contribution in [0.4, 0.5) is 0 Å². The first-order valence-corrected chi connectivity index (χ1v) is 5.94. The number of rotatable bonds is 6. The first-order chi connectivity index (χ1) is 6.50. The lowest BCUT2D eigenvalue weighted by Gasteiger charge is -2.32. The van der Waals surface area contributed by atoms with Gasteiger partial charge in [0.2, 0.25) is 0 Å². The topological polar surface area (TPSA) is 56.5 Å². The summed E-state index contributed by atoms with van der Waals surface area (Å²) in [6.07, 6.45) is 0.323. The molecule has 0 aromatic carbocycles. The minimum atomic E-state index is -1.55. The predicted octanol–water partition coefficient (Wildman–Crippen LogP) is 2.25. The van der Waals surface area contributed by atoms with Crippen LogP contribution in [-0.4, -0.2) is 28.3 Å². The molecule has 0 saturated heterocycles. The van der Waals surface area contributed by atoms with Crippen LogP contribution < -0.4 is 0 Å². The summed E-state index contributed by atoms with van der Waals surface area (Å²) in [6, 6.07) is 2.46. The van der Waals surface area contributed by atoms with Crippen LogP contribution in [0.1, 0.15) is 34.1 Å². The van der Waals surface area contributed by atoms with Gasteiger partial charge >= 0.3 is 0 Å². The maximum Gasteiger partial charge on any atom is 0.256 e. The van der Waals surface area contributed by atoms with Crippen LogP contribution in [-0.2, 0) is 4.52 Å². The summed E-state index contributed by atoms with van der Waals surface area (Å²) >= 11 is 0. The Morgan fingerprint density at radius 3 is 2.21 bits per heavy atom. The minimum Gasteiger partial charge on any atom is -0.338 e. The van der Waals surface area contributed by atoms with Gasteiger partial charge in [0.05, 0.1) is 19.1 Å². The van der Waals surface area contributed by atoms with Gasteiger partial charge in [-0.2, -0.15) is 5.26 Å². The zero-order valence-corrected chi connectivity index (χ0v) is 10.2. The molecule has 82 valence electrons. The average Bonchev–Trinajstić information content (AvgIpc) is 2.03. The summed E-state index contributed by atoms with van der Waals surface area (Å²) in [5.74, 6) is 0. The standard InChI is InChI=1S/C9H19N2O2P/c1-8(2)11(9(3)4)14(12)13-7-5-6-10/h8-9,12H,5,7H2,1-4H3/t14-/m1/s1. The van der Waals surface area contributed by atoms with Crippen molar-refractivity contribution < 1.29 is 9.42 Å². The highest BCUT2D eigenvalue weighted by Crippen LogP contribution is 2.40. The zero-order valence-electron chi connectivity index (χ0n) is 9.27. The van der Waals surface area contributed by atoms with Gasteiger partial charge in [0.1, 0.15) is 0 Å². The Morgan fingerprint density at radius 1 is 1.36 bits per heavy atom. The maximum atomic E-state index is 9.74. The van der Waals surface area contributed by atoms with Crippen LogP contribution >= 0.6 is 8.53 Å². The molecule has 0 aromatic heterocycles. The van der Waals surface area contributed by atoms with E-state index in [1.807, 2.05) is 38.4 Å². The first kappa shape index (κ1) is 13.8. The van der Waals surface area contributed by atoms with E-state index >= 15 is 0 Å². The molecule has 0 radical (unpaired) electrons. The lowest BCUT2D eigenvalue weighted by atomic mass is 10.3. The summed E-state index contributed by atoms with van der Waals surface area (Å²) in [5.41, 5.74) is 0. The number of nitrogens with zero attached hydrogens (tertiary/aromatic N) is 2. The fraction of sp³-hybridized carbons (Fsp3) is 0.889. The summed E-state index contributed by atoms with van der Waals surface area (Å²) in [6.45, 7) is 8.35. The third kappa shape index (κ3) is 4.88. The molecule has 0 amide bonds. The Bertz CT molecular complexity index is 184. The number of nitriles is 1. The maximum absolute atomic E-state index is 9.74. The first-order valence-electron chi connectivity index (χ1n) is 4.77. The number of hydrogen-bond acceptors (Lipinski definition) is 4. The Labute approximate surface area is 87.4 Å². The van der Waals surface area contributed by atoms with Crippen molar-refractivity contribution in [1.29, 1.82) is 5.26 Å². The molecule has 0 aromatic rings. The van der Waals surface area contributed by atoms with Crippen LogP contribution in [0.2, 0.25) is 0 Å². The van der Waals surface area contributed by atoms with E-state index in [9.17, 15) is 4.89 Å². The van der Waals surface area contributed by atoms with E-state index in [0.717, 1.165) is 0 Å². The Balaban J connectivity index is 4.03. The normalized spacial score (nSPS) is 13.6. The van der Waals surface area contributed by atoms with Gasteiger partial charge in [-0.15, -0.1) is 0 Å². The van der Waals surface area contributed by atoms with Gasteiger partial charge < -0.3 is 9.42 Å². The van der Waals surface area contributed by atoms with Crippen molar-refractivity contribution in [3.63, 3.8) is 0 Å². The van der Waals surface area contributed by atoms with E-state index in [2.05, 4.69) is 0 Å². The van der Waals surface area contributed by atoms with Crippen molar-refractivity contribution in [2.45, 2.75) is 46.2 Å². The zero-order chi connectivity index (χ0) is 11.1. The van der Waals surface area contributed by atoms with Gasteiger partial charge in [0.25, 0.3) is 8.53 Å². The van der Waals surface area contributed by atoms with Crippen molar-refractivity contribution in [2.75, 3.05) is 6.61 Å². The van der Waals surface area contributed by atoms with Crippen molar-refractivity contribution in [3.05, 3.63) is 0 Å². The quantitative estimate of drug-likeness (QED) is 0.548. The molecule has 0 unspecified atom stereocenters. The van der Waals surface area contributed by atoms with E-state index in [4.69, 9.17) is 9.79 Å². The third-order valence-corrected chi connectivity index (χ3v) is 3.41. The molecule has 14 heavy (non-hydrogen) atoms. The Morgan fingerprint density at radius 2 is 1.86 bits per heavy atom. The predicted molar refractivity (Wildman–Crippen MR) is 57.4 cm³/mol. The summed E-state index contributed by atoms with van der Waals surface area (Å²) in [5, 5.41) is 8.32. The molecular formula is C9H19N2O2P. The molecular weight excluding hydrogens is 199 g/mol. The monoisotopic (exact) mass is 218 g/mol. The van der Waals surface area contributed by atoms with Gasteiger partial charge in [-0.3, -0.25) is 0 Å². The highest BCUT2D eigenvalue weighted by Gasteiger charge is 2.23. The van der Waals surface area contributed by atoms with Gasteiger partial charge in [-0.1, -0.05) is 0 Å². The molecule has 0 saturated carbocycles. The van der Waals surface area contributed by atoms with E-state index < -0.39 is 8.53 Å². The molecule has 0 spiro atoms. The highest BCUT2D eigenvalue weighted by atomic mass is 31.2. The summed E-state index contributed by atoms with van der Waals surface area (Å²) in [4.78, 5) is 9.74. The van der Waals surface area contributed by atoms with Gasteiger partial charge in [-0.05, 0) is 27.7 Å². The van der Waals surface area contributed by atoms with Crippen molar-refractivity contribution >= 4 is 8.53 Å². The lowest BCUT2D eigenvalue weighted by Crippen LogP contribution is -2.32. The van der Waals surface area contributed by atoms with Crippen LogP contribution in [0.3, 0.4) is 0 Å². The second-order valence-electron chi connectivity index (χ2n) is 3.56. The van der Waals surface area contributed by atoms with Crippen molar-refractivity contribution in [2.24, 2.45) is 0 Å². The molecule has 5 heteroatoms. The molecule has 0 heterocycles. The SMILES string of the molecule is CC(C)N(C(C)C)[P@](O)OCCC#N. The van der Waals surface area contributed by atoms with Crippen LogP contribution in [0.5, 0.6) is 0 Å². The third-order valence-electron chi connectivity index (χ3n) is 1.68. The smallest absolute Gasteiger partial charge is 0.256 e. The fourth-order valence-corrected chi connectivity index (χ4v) is 2.41. The second-order valence-corrected chi connectivity index (χ2v) is 4.79. The molecule has 0 fully saturated rings. The average molecular weight is 218 g/mol. The largest absolute Gasteiger partial charge is 0.338 e. The van der Waals surface area contributed by atoms with E-state index in [1.165, 1.54) is 0 Å². The van der Waals surface area contributed by atoms with Crippen LogP contribution in [0, 0.1) is 11.3 Å². The van der Waals surface area contributed by atoms with Crippen LogP contribution in [0.25, 0.3) is 0 Å². The fourth-order valence-electron chi connectivity index (χ4n) is 1.23. The molecule has 0 bridgehead atoms. The molecule has 1 atom stereocenters. The summed E-state index contributed by atoms with van der Waals surface area (Å²) in [7, 11) is -1.55. The molecule has 0 aliphatic heterocycles. The summed E-state index contributed by atoms with van der Waals surface area (Å²) < 4.78 is 7.10. The molecule has 0 rings (SSSR count). The van der Waals surface area contributed by atoms with Gasteiger partial charge in [-0.25, -0.2) is 4.67 Å². The van der Waals surface area contributed by atoms with Gasteiger partial charge in [0, 0.05) is 12.1 Å². The molecule has 0 aliphatic carbocycles. The van der Waals surface area contributed by atoms with Crippen molar-refractivity contribution in [1.82, 2.24) is 4.67 Å². The highest BCUT2D eigenvalue weighted by molar-refractivity contribution is 7.43. The molecule has 0 aliphatic rings. The van der Waals surface area contributed by atoms with E-state index in [0.29, 0.717) is 13.0 Å². The Kier molecular flexibility index (Phi) is 7.04. The van der Waals surface area contributed by atoms with Crippen molar-refractivity contribution in [3.8, 4) is 6.07 Å². The van der Waals surface area contributed by atoms with Gasteiger partial charge in [0.15, 0.2) is 0 Å². The van der Waals surface area contributed by atoms with Crippen LogP contribution in [0.15, 0.2) is 0 Å². The second kappa shape index (κ2) is 7.14. The molecule has 4 nitrogen and oxygen atoms in total. The lowest BCUT2D eigenvalue weighted by molar-refractivity contribution is 0.215. The van der Waals surface area contributed by atoms with E-state index in [-0.39, 0.29) is 12.1 Å². The molecule has 1 N–H and O–H groups in total. The Hall–Kier alpha value is -0.200. The van der Waals surface area contributed by atoms with E-state index in [1.54, 1.807) is 0 Å².